The van der Waals surface area contributed by atoms with Crippen molar-refractivity contribution in [2.45, 2.75) is 64.4 Å². The smallest absolute Gasteiger partial charge is 0.310 e. The van der Waals surface area contributed by atoms with E-state index < -0.39 is 0 Å². The number of hydrogen-bond acceptors (Lipinski definition) is 2. The van der Waals surface area contributed by atoms with Gasteiger partial charge in [-0.25, -0.2) is 0 Å². The number of carbonyl (C=O) groups excluding carboxylic acids is 1. The Hall–Kier alpha value is -0.790. The number of esters is 1. The highest BCUT2D eigenvalue weighted by Crippen LogP contribution is 2.45. The molecule has 2 nitrogen and oxygen atoms in total. The Bertz CT molecular complexity index is 377. The summed E-state index contributed by atoms with van der Waals surface area (Å²) in [5.41, 5.74) is -0.275. The molecular weight excluding hydrogens is 236 g/mol. The molecule has 3 unspecified atom stereocenters. The lowest BCUT2D eigenvalue weighted by Gasteiger charge is -2.37. The standard InChI is InChI=1S/C17H26O2/c1-17(2,14-6-4-3-5-7-14)19-16(18)15-11-12-8-9-13(15)10-12/h8-9,12-15H,3-7,10-11H2,1-2H3. The molecule has 3 atom stereocenters. The molecule has 0 aliphatic heterocycles. The number of fused-ring (bicyclic) bond motifs is 2. The summed E-state index contributed by atoms with van der Waals surface area (Å²) in [6.07, 6.45) is 13.1. The van der Waals surface area contributed by atoms with Crippen molar-refractivity contribution < 1.29 is 9.53 Å². The Labute approximate surface area is 116 Å². The van der Waals surface area contributed by atoms with Gasteiger partial charge in [-0.3, -0.25) is 4.79 Å². The second-order valence-electron chi connectivity index (χ2n) is 7.25. The number of hydrogen-bond donors (Lipinski definition) is 0. The molecular formula is C17H26O2. The van der Waals surface area contributed by atoms with E-state index in [2.05, 4.69) is 26.0 Å². The molecule has 2 heteroatoms. The van der Waals surface area contributed by atoms with Gasteiger partial charge in [-0.05, 0) is 57.3 Å². The van der Waals surface area contributed by atoms with Gasteiger partial charge < -0.3 is 4.74 Å². The van der Waals surface area contributed by atoms with Crippen LogP contribution in [-0.4, -0.2) is 11.6 Å². The van der Waals surface area contributed by atoms with Crippen molar-refractivity contribution in [3.63, 3.8) is 0 Å². The van der Waals surface area contributed by atoms with Gasteiger partial charge in [-0.1, -0.05) is 31.4 Å². The first-order valence-electron chi connectivity index (χ1n) is 7.97. The third-order valence-corrected chi connectivity index (χ3v) is 5.53. The van der Waals surface area contributed by atoms with Gasteiger partial charge in [0.05, 0.1) is 5.92 Å². The van der Waals surface area contributed by atoms with E-state index in [1.54, 1.807) is 0 Å². The second-order valence-corrected chi connectivity index (χ2v) is 7.25. The molecule has 3 aliphatic carbocycles. The summed E-state index contributed by atoms with van der Waals surface area (Å²) in [6.45, 7) is 4.23. The first kappa shape index (κ1) is 13.2. The van der Waals surface area contributed by atoms with Crippen molar-refractivity contribution >= 4 is 5.97 Å². The van der Waals surface area contributed by atoms with Crippen LogP contribution in [0.4, 0.5) is 0 Å². The van der Waals surface area contributed by atoms with Gasteiger partial charge in [0.25, 0.3) is 0 Å². The van der Waals surface area contributed by atoms with Gasteiger partial charge in [0.2, 0.25) is 0 Å². The Morgan fingerprint density at radius 1 is 1.11 bits per heavy atom. The highest BCUT2D eigenvalue weighted by atomic mass is 16.6. The van der Waals surface area contributed by atoms with E-state index >= 15 is 0 Å². The van der Waals surface area contributed by atoms with Crippen LogP contribution in [0, 0.1) is 23.7 Å². The average Bonchev–Trinajstić information content (AvgIpc) is 3.01. The lowest BCUT2D eigenvalue weighted by Crippen LogP contribution is -2.40. The summed E-state index contributed by atoms with van der Waals surface area (Å²) in [6, 6.07) is 0. The molecule has 0 N–H and O–H groups in total. The van der Waals surface area contributed by atoms with Gasteiger partial charge >= 0.3 is 5.97 Å². The SMILES string of the molecule is CC(C)(OC(=O)C1CC2C=CC1C2)C1CCCCC1. The molecule has 0 aromatic carbocycles. The zero-order valence-corrected chi connectivity index (χ0v) is 12.2. The van der Waals surface area contributed by atoms with Crippen LogP contribution < -0.4 is 0 Å². The molecule has 2 bridgehead atoms. The van der Waals surface area contributed by atoms with Crippen molar-refractivity contribution in [3.05, 3.63) is 12.2 Å². The van der Waals surface area contributed by atoms with E-state index in [-0.39, 0.29) is 17.5 Å². The number of rotatable bonds is 3. The van der Waals surface area contributed by atoms with Crippen molar-refractivity contribution in [1.82, 2.24) is 0 Å². The van der Waals surface area contributed by atoms with Crippen LogP contribution in [0.15, 0.2) is 12.2 Å². The average molecular weight is 262 g/mol. The van der Waals surface area contributed by atoms with Gasteiger partial charge in [-0.15, -0.1) is 0 Å². The molecule has 0 heterocycles. The lowest BCUT2D eigenvalue weighted by atomic mass is 9.78. The van der Waals surface area contributed by atoms with Crippen molar-refractivity contribution in [1.29, 1.82) is 0 Å². The predicted octanol–water partition coefficient (Wildman–Crippen LogP) is 4.10. The third kappa shape index (κ3) is 2.59. The van der Waals surface area contributed by atoms with E-state index in [0.29, 0.717) is 17.8 Å². The topological polar surface area (TPSA) is 26.3 Å². The van der Waals surface area contributed by atoms with E-state index in [4.69, 9.17) is 4.74 Å². The Morgan fingerprint density at radius 3 is 2.42 bits per heavy atom. The minimum atomic E-state index is -0.275. The molecule has 0 aromatic heterocycles. The van der Waals surface area contributed by atoms with Crippen molar-refractivity contribution in [3.8, 4) is 0 Å². The number of ether oxygens (including phenoxy) is 1. The normalized spacial score (nSPS) is 34.7. The minimum absolute atomic E-state index is 0.0624. The van der Waals surface area contributed by atoms with E-state index in [9.17, 15) is 4.79 Å². The van der Waals surface area contributed by atoms with Crippen molar-refractivity contribution in [2.24, 2.45) is 23.7 Å². The van der Waals surface area contributed by atoms with Gasteiger partial charge in [-0.2, -0.15) is 0 Å². The van der Waals surface area contributed by atoms with Gasteiger partial charge in [0.15, 0.2) is 0 Å². The summed E-state index contributed by atoms with van der Waals surface area (Å²) < 4.78 is 5.94. The van der Waals surface area contributed by atoms with Crippen LogP contribution in [0.3, 0.4) is 0 Å². The summed E-state index contributed by atoms with van der Waals surface area (Å²) in [4.78, 5) is 12.4. The quantitative estimate of drug-likeness (QED) is 0.565. The maximum absolute atomic E-state index is 12.4. The molecule has 2 fully saturated rings. The fourth-order valence-electron chi connectivity index (χ4n) is 4.27. The highest BCUT2D eigenvalue weighted by Gasteiger charge is 2.43. The molecule has 3 aliphatic rings. The summed E-state index contributed by atoms with van der Waals surface area (Å²) >= 11 is 0. The largest absolute Gasteiger partial charge is 0.459 e. The summed E-state index contributed by atoms with van der Waals surface area (Å²) in [5, 5.41) is 0. The van der Waals surface area contributed by atoms with Crippen LogP contribution in [0.5, 0.6) is 0 Å². The highest BCUT2D eigenvalue weighted by molar-refractivity contribution is 5.74. The molecule has 0 saturated heterocycles. The first-order valence-corrected chi connectivity index (χ1v) is 7.97. The van der Waals surface area contributed by atoms with Crippen LogP contribution in [0.1, 0.15) is 58.8 Å². The van der Waals surface area contributed by atoms with E-state index in [0.717, 1.165) is 6.42 Å². The summed E-state index contributed by atoms with van der Waals surface area (Å²) in [7, 11) is 0. The molecule has 19 heavy (non-hydrogen) atoms. The number of allylic oxidation sites excluding steroid dienone is 2. The maximum Gasteiger partial charge on any atom is 0.310 e. The molecule has 0 radical (unpaired) electrons. The molecule has 106 valence electrons. The summed E-state index contributed by atoms with van der Waals surface area (Å²) in [5.74, 6) is 1.85. The van der Waals surface area contributed by atoms with Gasteiger partial charge in [0, 0.05) is 0 Å². The zero-order valence-electron chi connectivity index (χ0n) is 12.2. The maximum atomic E-state index is 12.4. The van der Waals surface area contributed by atoms with Gasteiger partial charge in [0.1, 0.15) is 5.60 Å². The fourth-order valence-corrected chi connectivity index (χ4v) is 4.27. The number of carbonyl (C=O) groups is 1. The van der Waals surface area contributed by atoms with Crippen LogP contribution in [0.2, 0.25) is 0 Å². The van der Waals surface area contributed by atoms with Crippen molar-refractivity contribution in [2.75, 3.05) is 0 Å². The molecule has 2 saturated carbocycles. The monoisotopic (exact) mass is 262 g/mol. The minimum Gasteiger partial charge on any atom is -0.459 e. The second kappa shape index (κ2) is 4.96. The first-order chi connectivity index (χ1) is 9.06. The third-order valence-electron chi connectivity index (χ3n) is 5.53. The van der Waals surface area contributed by atoms with Crippen LogP contribution in [-0.2, 0) is 9.53 Å². The predicted molar refractivity (Wildman–Crippen MR) is 75.6 cm³/mol. The Balaban J connectivity index is 1.60. The van der Waals surface area contributed by atoms with E-state index in [1.165, 1.54) is 38.5 Å². The molecule has 0 spiro atoms. The lowest BCUT2D eigenvalue weighted by molar-refractivity contribution is -0.169. The molecule has 0 aromatic rings. The Kier molecular flexibility index (Phi) is 3.44. The fraction of sp³-hybridized carbons (Fsp3) is 0.824. The molecule has 3 rings (SSSR count). The van der Waals surface area contributed by atoms with Crippen LogP contribution in [0.25, 0.3) is 0 Å². The van der Waals surface area contributed by atoms with E-state index in [1.807, 2.05) is 0 Å². The Morgan fingerprint density at radius 2 is 1.84 bits per heavy atom. The zero-order chi connectivity index (χ0) is 13.5. The van der Waals surface area contributed by atoms with Crippen LogP contribution >= 0.6 is 0 Å². The molecule has 0 amide bonds.